The minimum Gasteiger partial charge on any atom is -0.494 e. The molecule has 2 rings (SSSR count). The van der Waals surface area contributed by atoms with Crippen LogP contribution in [0.4, 0.5) is 5.69 Å². The summed E-state index contributed by atoms with van der Waals surface area (Å²) in [6.45, 7) is 10.2. The Hall–Kier alpha value is -2.86. The Bertz CT molecular complexity index is 786. The molecule has 2 amide bonds. The zero-order chi connectivity index (χ0) is 21.1. The van der Waals surface area contributed by atoms with Gasteiger partial charge in [0.05, 0.1) is 6.61 Å². The third-order valence-electron chi connectivity index (χ3n) is 4.58. The van der Waals surface area contributed by atoms with Gasteiger partial charge in [-0.2, -0.15) is 0 Å². The fourth-order valence-electron chi connectivity index (χ4n) is 2.82. The molecule has 2 N–H and O–H groups in total. The topological polar surface area (TPSA) is 70.7 Å². The summed E-state index contributed by atoms with van der Waals surface area (Å²) in [5.74, 6) is 0.343. The number of amides is 2. The molecule has 0 heterocycles. The van der Waals surface area contributed by atoms with E-state index in [-0.39, 0.29) is 11.8 Å². The molecule has 0 radical (unpaired) electrons. The number of hydrogen-bond acceptors (Lipinski definition) is 4. The molecule has 29 heavy (non-hydrogen) atoms. The number of nitrogens with zero attached hydrogens (tertiary/aromatic N) is 1. The Morgan fingerprint density at radius 1 is 0.931 bits per heavy atom. The number of carbonyl (C=O) groups is 2. The third kappa shape index (κ3) is 7.23. The quantitative estimate of drug-likeness (QED) is 0.605. The van der Waals surface area contributed by atoms with Gasteiger partial charge in [0.2, 0.25) is 0 Å². The van der Waals surface area contributed by atoms with E-state index < -0.39 is 0 Å². The van der Waals surface area contributed by atoms with Crippen molar-refractivity contribution in [3.05, 3.63) is 59.7 Å². The summed E-state index contributed by atoms with van der Waals surface area (Å²) in [6.07, 6.45) is 0.909. The Labute approximate surface area is 173 Å². The van der Waals surface area contributed by atoms with Gasteiger partial charge in [-0.1, -0.05) is 26.8 Å². The van der Waals surface area contributed by atoms with Crippen molar-refractivity contribution >= 4 is 17.5 Å². The summed E-state index contributed by atoms with van der Waals surface area (Å²) in [5, 5.41) is 5.77. The predicted octanol–water partition coefficient (Wildman–Crippen LogP) is 3.80. The second kappa shape index (κ2) is 11.9. The lowest BCUT2D eigenvalue weighted by atomic mass is 10.1. The molecule has 0 aliphatic rings. The fraction of sp³-hybridized carbons (Fsp3) is 0.391. The van der Waals surface area contributed by atoms with E-state index in [1.807, 2.05) is 13.0 Å². The molecular weight excluding hydrogens is 366 g/mol. The number of anilines is 1. The van der Waals surface area contributed by atoms with Crippen LogP contribution in [0.5, 0.6) is 5.75 Å². The summed E-state index contributed by atoms with van der Waals surface area (Å²) in [6, 6.07) is 14.0. The van der Waals surface area contributed by atoms with Gasteiger partial charge in [-0.3, -0.25) is 9.59 Å². The minimum atomic E-state index is -0.219. The van der Waals surface area contributed by atoms with Crippen molar-refractivity contribution in [1.82, 2.24) is 10.2 Å². The summed E-state index contributed by atoms with van der Waals surface area (Å²) in [4.78, 5) is 27.0. The summed E-state index contributed by atoms with van der Waals surface area (Å²) < 4.78 is 5.57. The first-order valence-corrected chi connectivity index (χ1v) is 10.2. The molecule has 0 unspecified atom stereocenters. The lowest BCUT2D eigenvalue weighted by Crippen LogP contribution is -2.34. The smallest absolute Gasteiger partial charge is 0.255 e. The van der Waals surface area contributed by atoms with Gasteiger partial charge in [0, 0.05) is 29.9 Å². The molecule has 2 aromatic rings. The Morgan fingerprint density at radius 3 is 2.31 bits per heavy atom. The number of benzene rings is 2. The van der Waals surface area contributed by atoms with Gasteiger partial charge >= 0.3 is 0 Å². The molecule has 0 fully saturated rings. The van der Waals surface area contributed by atoms with Crippen molar-refractivity contribution in [2.75, 3.05) is 38.1 Å². The lowest BCUT2D eigenvalue weighted by molar-refractivity contribution is 0.0948. The second-order valence-corrected chi connectivity index (χ2v) is 6.69. The van der Waals surface area contributed by atoms with Gasteiger partial charge in [-0.25, -0.2) is 0 Å². The maximum Gasteiger partial charge on any atom is 0.255 e. The van der Waals surface area contributed by atoms with Gasteiger partial charge in [-0.05, 0) is 62.0 Å². The number of carbonyl (C=O) groups excluding carboxylic acids is 2. The average Bonchev–Trinajstić information content (AvgIpc) is 2.76. The highest BCUT2D eigenvalue weighted by molar-refractivity contribution is 6.04. The molecule has 0 aromatic heterocycles. The van der Waals surface area contributed by atoms with E-state index in [1.54, 1.807) is 42.5 Å². The van der Waals surface area contributed by atoms with Crippen molar-refractivity contribution in [2.45, 2.75) is 27.2 Å². The average molecular weight is 398 g/mol. The molecule has 0 aliphatic carbocycles. The van der Waals surface area contributed by atoms with E-state index in [4.69, 9.17) is 4.74 Å². The van der Waals surface area contributed by atoms with Crippen LogP contribution in [-0.2, 0) is 0 Å². The van der Waals surface area contributed by atoms with Crippen LogP contribution in [0.2, 0.25) is 0 Å². The Morgan fingerprint density at radius 2 is 1.66 bits per heavy atom. The van der Waals surface area contributed by atoms with E-state index in [1.165, 1.54) is 0 Å². The van der Waals surface area contributed by atoms with Gasteiger partial charge in [0.15, 0.2) is 0 Å². The predicted molar refractivity (Wildman–Crippen MR) is 117 cm³/mol. The van der Waals surface area contributed by atoms with Gasteiger partial charge < -0.3 is 20.3 Å². The van der Waals surface area contributed by atoms with Gasteiger partial charge in [-0.15, -0.1) is 0 Å². The first-order chi connectivity index (χ1) is 14.1. The lowest BCUT2D eigenvalue weighted by Gasteiger charge is -2.18. The van der Waals surface area contributed by atoms with Crippen LogP contribution in [-0.4, -0.2) is 49.5 Å². The maximum absolute atomic E-state index is 12.5. The number of rotatable bonds is 11. The highest BCUT2D eigenvalue weighted by Gasteiger charge is 2.09. The van der Waals surface area contributed by atoms with Crippen molar-refractivity contribution in [3.8, 4) is 5.75 Å². The van der Waals surface area contributed by atoms with Gasteiger partial charge in [0.1, 0.15) is 5.75 Å². The van der Waals surface area contributed by atoms with Crippen molar-refractivity contribution in [1.29, 1.82) is 0 Å². The summed E-state index contributed by atoms with van der Waals surface area (Å²) in [5.41, 5.74) is 1.73. The molecule has 2 aromatic carbocycles. The van der Waals surface area contributed by atoms with Crippen LogP contribution >= 0.6 is 0 Å². The summed E-state index contributed by atoms with van der Waals surface area (Å²) >= 11 is 0. The molecule has 0 saturated carbocycles. The largest absolute Gasteiger partial charge is 0.494 e. The van der Waals surface area contributed by atoms with Crippen LogP contribution in [0.15, 0.2) is 48.5 Å². The highest BCUT2D eigenvalue weighted by atomic mass is 16.5. The minimum absolute atomic E-state index is 0.115. The third-order valence-corrected chi connectivity index (χ3v) is 4.58. The van der Waals surface area contributed by atoms with Crippen molar-refractivity contribution < 1.29 is 14.3 Å². The van der Waals surface area contributed by atoms with E-state index >= 15 is 0 Å². The van der Waals surface area contributed by atoms with Crippen LogP contribution in [0.25, 0.3) is 0 Å². The maximum atomic E-state index is 12.5. The molecule has 6 heteroatoms. The van der Waals surface area contributed by atoms with Crippen molar-refractivity contribution in [2.24, 2.45) is 0 Å². The SMILES string of the molecule is CCCOc1cccc(C(=O)Nc2ccc(C(=O)NCCN(CC)CC)cc2)c1. The van der Waals surface area contributed by atoms with Crippen molar-refractivity contribution in [3.63, 3.8) is 0 Å². The molecule has 0 aliphatic heterocycles. The first-order valence-electron chi connectivity index (χ1n) is 10.2. The van der Waals surface area contributed by atoms with Crippen LogP contribution < -0.4 is 15.4 Å². The standard InChI is InChI=1S/C23H31N3O3/c1-4-16-29-21-9-7-8-19(17-21)23(28)25-20-12-10-18(11-13-20)22(27)24-14-15-26(5-2)6-3/h7-13,17H,4-6,14-16H2,1-3H3,(H,24,27)(H,25,28). The summed E-state index contributed by atoms with van der Waals surface area (Å²) in [7, 11) is 0. The number of likely N-dealkylation sites (N-methyl/N-ethyl adjacent to an activating group) is 1. The van der Waals surface area contributed by atoms with Crippen LogP contribution in [0.3, 0.4) is 0 Å². The van der Waals surface area contributed by atoms with Gasteiger partial charge in [0.25, 0.3) is 11.8 Å². The molecular formula is C23H31N3O3. The first kappa shape index (κ1) is 22.4. The number of nitrogens with one attached hydrogen (secondary N) is 2. The Kier molecular flexibility index (Phi) is 9.18. The number of hydrogen-bond donors (Lipinski definition) is 2. The van der Waals surface area contributed by atoms with E-state index in [9.17, 15) is 9.59 Å². The number of ether oxygens (including phenoxy) is 1. The molecule has 156 valence electrons. The van der Waals surface area contributed by atoms with E-state index in [2.05, 4.69) is 29.4 Å². The molecule has 0 saturated heterocycles. The van der Waals surface area contributed by atoms with Crippen LogP contribution in [0.1, 0.15) is 47.9 Å². The normalized spacial score (nSPS) is 10.6. The second-order valence-electron chi connectivity index (χ2n) is 6.69. The van der Waals surface area contributed by atoms with E-state index in [0.717, 1.165) is 26.1 Å². The Balaban J connectivity index is 1.89. The fourth-order valence-corrected chi connectivity index (χ4v) is 2.82. The zero-order valence-electron chi connectivity index (χ0n) is 17.5. The molecule has 6 nitrogen and oxygen atoms in total. The van der Waals surface area contributed by atoms with E-state index in [0.29, 0.717) is 35.7 Å². The monoisotopic (exact) mass is 397 g/mol. The molecule has 0 atom stereocenters. The zero-order valence-corrected chi connectivity index (χ0v) is 17.5. The molecule has 0 spiro atoms. The van der Waals surface area contributed by atoms with Crippen LogP contribution in [0, 0.1) is 0 Å². The molecule has 0 bridgehead atoms. The highest BCUT2D eigenvalue weighted by Crippen LogP contribution is 2.16.